The van der Waals surface area contributed by atoms with Crippen molar-refractivity contribution < 1.29 is 27.8 Å². The van der Waals surface area contributed by atoms with E-state index in [2.05, 4.69) is 10.4 Å². The van der Waals surface area contributed by atoms with Gasteiger partial charge in [-0.2, -0.15) is 18.3 Å². The zero-order chi connectivity index (χ0) is 26.7. The summed E-state index contributed by atoms with van der Waals surface area (Å²) in [7, 11) is 0. The Balaban J connectivity index is 1.68. The van der Waals surface area contributed by atoms with Gasteiger partial charge in [0, 0.05) is 16.1 Å². The van der Waals surface area contributed by atoms with Crippen LogP contribution >= 0.6 is 23.2 Å². The summed E-state index contributed by atoms with van der Waals surface area (Å²) in [6.45, 7) is 1.26. The average molecular weight is 556 g/mol. The quantitative estimate of drug-likeness (QED) is 0.348. The molecule has 37 heavy (non-hydrogen) atoms. The van der Waals surface area contributed by atoms with Crippen LogP contribution in [0.4, 0.5) is 13.2 Å². The van der Waals surface area contributed by atoms with Crippen molar-refractivity contribution in [3.8, 4) is 22.7 Å². The van der Waals surface area contributed by atoms with Gasteiger partial charge in [0.25, 0.3) is 5.91 Å². The number of aliphatic hydroxyl groups excluding tert-OH is 1. The van der Waals surface area contributed by atoms with E-state index in [1.807, 2.05) is 0 Å². The normalized spacial score (nSPS) is 18.0. The molecule has 198 valence electrons. The number of aliphatic hydroxyl groups is 1. The first kappa shape index (κ1) is 27.3. The van der Waals surface area contributed by atoms with Crippen molar-refractivity contribution in [2.45, 2.75) is 57.3 Å². The average Bonchev–Trinajstić information content (AvgIpc) is 3.17. The Hall–Kier alpha value is -2.75. The van der Waals surface area contributed by atoms with Gasteiger partial charge in [0.05, 0.1) is 41.6 Å². The summed E-state index contributed by atoms with van der Waals surface area (Å²) in [5.41, 5.74) is 2.45. The lowest BCUT2D eigenvalue weighted by molar-refractivity contribution is -0.139. The minimum absolute atomic E-state index is 0.171. The number of carbonyl (C=O) groups excluding carboxylic acids is 1. The molecule has 1 amide bonds. The van der Waals surface area contributed by atoms with Crippen molar-refractivity contribution in [3.05, 3.63) is 63.8 Å². The lowest BCUT2D eigenvalue weighted by atomic mass is 9.92. The monoisotopic (exact) mass is 555 g/mol. The highest BCUT2D eigenvalue weighted by molar-refractivity contribution is 6.35. The van der Waals surface area contributed by atoms with Crippen molar-refractivity contribution in [2.24, 2.45) is 0 Å². The molecular weight excluding hydrogens is 530 g/mol. The number of nitrogens with zero attached hydrogens (tertiary/aromatic N) is 2. The number of halogens is 5. The Bertz CT molecular complexity index is 1260. The Morgan fingerprint density at radius 2 is 1.86 bits per heavy atom. The lowest BCUT2D eigenvalue weighted by Gasteiger charge is -2.28. The maximum atomic E-state index is 13.2. The summed E-state index contributed by atoms with van der Waals surface area (Å²) >= 11 is 12.5. The summed E-state index contributed by atoms with van der Waals surface area (Å²) in [6.07, 6.45) is -2.83. The molecule has 1 fully saturated rings. The van der Waals surface area contributed by atoms with Gasteiger partial charge in [-0.05, 0) is 62.2 Å². The number of hydrogen-bond acceptors (Lipinski definition) is 4. The molecule has 11 heteroatoms. The van der Waals surface area contributed by atoms with Crippen LogP contribution in [0.5, 0.6) is 5.75 Å². The number of carbonyl (C=O) groups is 1. The Morgan fingerprint density at radius 1 is 1.16 bits per heavy atom. The molecule has 2 aromatic carbocycles. The third-order valence-electron chi connectivity index (χ3n) is 6.30. The second-order valence-electron chi connectivity index (χ2n) is 9.00. The molecule has 1 heterocycles. The molecule has 0 radical (unpaired) electrons. The predicted octanol–water partition coefficient (Wildman–Crippen LogP) is 6.52. The highest BCUT2D eigenvalue weighted by Gasteiger charge is 2.29. The molecule has 1 aromatic heterocycles. The number of alkyl halides is 3. The van der Waals surface area contributed by atoms with Gasteiger partial charge in [-0.25, -0.2) is 4.68 Å². The number of nitrogens with one attached hydrogen (secondary N) is 1. The number of amides is 1. The fraction of sp³-hybridized carbons (Fsp3) is 0.385. The maximum absolute atomic E-state index is 13.2. The summed E-state index contributed by atoms with van der Waals surface area (Å²) in [6, 6.07) is 11.0. The standard InChI is InChI=1S/C26H26Cl2F3N3O3/c1-15-23(25(36)32-20-4-2-3-5-22(20)35)33-34(21-11-8-17(27)14-19(21)28)24(15)16-6-9-18(10-7-16)37-13-12-26(29,30)31/h6-11,14,20,22,35H,2-5,12-13H2,1H3,(H,32,36). The van der Waals surface area contributed by atoms with E-state index in [0.717, 1.165) is 12.8 Å². The molecule has 1 aliphatic carbocycles. The van der Waals surface area contributed by atoms with Crippen LogP contribution in [-0.2, 0) is 0 Å². The second kappa shape index (κ2) is 11.3. The van der Waals surface area contributed by atoms with Crippen molar-refractivity contribution in [3.63, 3.8) is 0 Å². The van der Waals surface area contributed by atoms with Gasteiger partial charge in [0.1, 0.15) is 5.75 Å². The van der Waals surface area contributed by atoms with Gasteiger partial charge < -0.3 is 15.2 Å². The number of hydrogen-bond donors (Lipinski definition) is 2. The van der Waals surface area contributed by atoms with E-state index in [1.54, 1.807) is 54.1 Å². The highest BCUT2D eigenvalue weighted by atomic mass is 35.5. The first-order valence-corrected chi connectivity index (χ1v) is 12.6. The molecule has 2 N–H and O–H groups in total. The molecule has 0 bridgehead atoms. The first-order chi connectivity index (χ1) is 17.5. The molecule has 1 saturated carbocycles. The van der Waals surface area contributed by atoms with Crippen LogP contribution in [0.1, 0.15) is 48.2 Å². The predicted molar refractivity (Wildman–Crippen MR) is 136 cm³/mol. The van der Waals surface area contributed by atoms with Crippen molar-refractivity contribution in [1.82, 2.24) is 15.1 Å². The molecule has 6 nitrogen and oxygen atoms in total. The fourth-order valence-corrected chi connectivity index (χ4v) is 4.88. The first-order valence-electron chi connectivity index (χ1n) is 11.9. The topological polar surface area (TPSA) is 76.4 Å². The van der Waals surface area contributed by atoms with Crippen LogP contribution in [0.2, 0.25) is 10.0 Å². The van der Waals surface area contributed by atoms with E-state index in [-0.39, 0.29) is 17.5 Å². The van der Waals surface area contributed by atoms with Gasteiger partial charge in [-0.1, -0.05) is 36.0 Å². The van der Waals surface area contributed by atoms with Crippen LogP contribution in [0.15, 0.2) is 42.5 Å². The molecule has 0 saturated heterocycles. The minimum Gasteiger partial charge on any atom is -0.493 e. The number of benzene rings is 2. The van der Waals surface area contributed by atoms with E-state index in [0.29, 0.717) is 45.4 Å². The largest absolute Gasteiger partial charge is 0.493 e. The molecule has 2 atom stereocenters. The fourth-order valence-electron chi connectivity index (χ4n) is 4.39. The third-order valence-corrected chi connectivity index (χ3v) is 6.84. The van der Waals surface area contributed by atoms with Gasteiger partial charge in [0.2, 0.25) is 0 Å². The Kier molecular flexibility index (Phi) is 8.36. The van der Waals surface area contributed by atoms with E-state index in [1.165, 1.54) is 0 Å². The van der Waals surface area contributed by atoms with Crippen LogP contribution in [-0.4, -0.2) is 45.7 Å². The summed E-state index contributed by atoms with van der Waals surface area (Å²) in [5.74, 6) is -0.133. The number of ether oxygens (including phenoxy) is 1. The van der Waals surface area contributed by atoms with Gasteiger partial charge in [-0.3, -0.25) is 4.79 Å². The Morgan fingerprint density at radius 3 is 2.51 bits per heavy atom. The summed E-state index contributed by atoms with van der Waals surface area (Å²) < 4.78 is 44.1. The zero-order valence-corrected chi connectivity index (χ0v) is 21.5. The molecule has 0 aliphatic heterocycles. The van der Waals surface area contributed by atoms with Crippen LogP contribution in [0, 0.1) is 6.92 Å². The summed E-state index contributed by atoms with van der Waals surface area (Å²) in [4.78, 5) is 13.2. The Labute approximate surface area is 222 Å². The third kappa shape index (κ3) is 6.58. The number of aromatic nitrogens is 2. The second-order valence-corrected chi connectivity index (χ2v) is 9.84. The number of rotatable bonds is 7. The van der Waals surface area contributed by atoms with Crippen molar-refractivity contribution in [2.75, 3.05) is 6.61 Å². The van der Waals surface area contributed by atoms with Gasteiger partial charge in [0.15, 0.2) is 5.69 Å². The van der Waals surface area contributed by atoms with E-state index in [4.69, 9.17) is 27.9 Å². The molecule has 4 rings (SSSR count). The molecule has 3 aromatic rings. The molecular formula is C26H26Cl2F3N3O3. The van der Waals surface area contributed by atoms with Crippen molar-refractivity contribution >= 4 is 29.1 Å². The highest BCUT2D eigenvalue weighted by Crippen LogP contribution is 2.34. The van der Waals surface area contributed by atoms with E-state index < -0.39 is 31.2 Å². The minimum atomic E-state index is -4.30. The summed E-state index contributed by atoms with van der Waals surface area (Å²) in [5, 5.41) is 18.5. The maximum Gasteiger partial charge on any atom is 0.392 e. The SMILES string of the molecule is Cc1c(C(=O)NC2CCCCC2O)nn(-c2ccc(Cl)cc2Cl)c1-c1ccc(OCCC(F)(F)F)cc1. The molecule has 2 unspecified atom stereocenters. The van der Waals surface area contributed by atoms with Gasteiger partial charge >= 0.3 is 6.18 Å². The zero-order valence-electron chi connectivity index (χ0n) is 20.0. The van der Waals surface area contributed by atoms with Crippen molar-refractivity contribution in [1.29, 1.82) is 0 Å². The van der Waals surface area contributed by atoms with Crippen LogP contribution < -0.4 is 10.1 Å². The van der Waals surface area contributed by atoms with Gasteiger partial charge in [-0.15, -0.1) is 0 Å². The van der Waals surface area contributed by atoms with E-state index in [9.17, 15) is 23.1 Å². The van der Waals surface area contributed by atoms with Crippen LogP contribution in [0.3, 0.4) is 0 Å². The van der Waals surface area contributed by atoms with Crippen LogP contribution in [0.25, 0.3) is 16.9 Å². The smallest absolute Gasteiger partial charge is 0.392 e. The molecule has 1 aliphatic rings. The lowest BCUT2D eigenvalue weighted by Crippen LogP contribution is -2.45. The molecule has 0 spiro atoms. The van der Waals surface area contributed by atoms with E-state index >= 15 is 0 Å².